The molecule has 1 aliphatic heterocycles. The topological polar surface area (TPSA) is 33.2 Å². The summed E-state index contributed by atoms with van der Waals surface area (Å²) in [5.74, 6) is -0.674. The molecule has 0 N–H and O–H groups in total. The molecule has 0 unspecified atom stereocenters. The van der Waals surface area contributed by atoms with Crippen molar-refractivity contribution in [3.05, 3.63) is 23.8 Å². The lowest BCUT2D eigenvalue weighted by atomic mass is 10.3. The second kappa shape index (κ2) is 3.00. The van der Waals surface area contributed by atoms with E-state index in [-0.39, 0.29) is 5.91 Å². The van der Waals surface area contributed by atoms with Crippen LogP contribution in [0.4, 0.5) is 10.1 Å². The largest absolute Gasteiger partial charge is 0.311 e. The van der Waals surface area contributed by atoms with Crippen molar-refractivity contribution in [1.29, 1.82) is 0 Å². The Kier molecular flexibility index (Phi) is 2.15. The zero-order valence-electron chi connectivity index (χ0n) is 7.09. The highest BCUT2D eigenvalue weighted by Crippen LogP contribution is 2.48. The molecular formula is C8H5Br2FN2O. The number of anilines is 1. The highest BCUT2D eigenvalue weighted by molar-refractivity contribution is 9.25. The number of hydrogen-bond acceptors (Lipinski definition) is 2. The third kappa shape index (κ3) is 1.20. The fourth-order valence-electron chi connectivity index (χ4n) is 1.35. The van der Waals surface area contributed by atoms with Gasteiger partial charge in [-0.05, 0) is 0 Å². The van der Waals surface area contributed by atoms with Gasteiger partial charge in [-0.15, -0.1) is 0 Å². The maximum absolute atomic E-state index is 12.9. The molecular weight excluding hydrogens is 319 g/mol. The van der Waals surface area contributed by atoms with E-state index >= 15 is 0 Å². The summed E-state index contributed by atoms with van der Waals surface area (Å²) in [4.78, 5) is 16.9. The number of carbonyl (C=O) groups is 1. The molecule has 1 aliphatic rings. The molecule has 0 radical (unpaired) electrons. The highest BCUT2D eigenvalue weighted by Gasteiger charge is 2.47. The number of fused-ring (bicyclic) bond motifs is 1. The molecule has 1 aromatic heterocycles. The van der Waals surface area contributed by atoms with Crippen LogP contribution in [-0.4, -0.2) is 17.9 Å². The van der Waals surface area contributed by atoms with Gasteiger partial charge in [-0.2, -0.15) is 0 Å². The molecule has 0 saturated carbocycles. The van der Waals surface area contributed by atoms with Crippen LogP contribution in [0.1, 0.15) is 5.69 Å². The standard InChI is InChI=1S/C8H5Br2FN2O/c1-13-5-2-4(11)3-12-6(5)8(9,10)7(13)14/h2-3H,1H3. The first kappa shape index (κ1) is 10.0. The van der Waals surface area contributed by atoms with Crippen molar-refractivity contribution >= 4 is 43.5 Å². The van der Waals surface area contributed by atoms with Crippen LogP contribution in [0, 0.1) is 5.82 Å². The SMILES string of the molecule is CN1C(=O)C(Br)(Br)c2ncc(F)cc21. The van der Waals surface area contributed by atoms with Crippen LogP contribution in [0.3, 0.4) is 0 Å². The molecule has 0 aromatic carbocycles. The summed E-state index contributed by atoms with van der Waals surface area (Å²) in [5.41, 5.74) is 0.954. The van der Waals surface area contributed by atoms with E-state index in [0.717, 1.165) is 6.20 Å². The normalized spacial score (nSPS) is 18.6. The maximum Gasteiger partial charge on any atom is 0.260 e. The molecule has 3 nitrogen and oxygen atoms in total. The Labute approximate surface area is 96.6 Å². The number of halogens is 3. The fraction of sp³-hybridized carbons (Fsp3) is 0.250. The van der Waals surface area contributed by atoms with Crippen LogP contribution in [0.25, 0.3) is 0 Å². The molecule has 0 saturated heterocycles. The number of rotatable bonds is 0. The van der Waals surface area contributed by atoms with Crippen molar-refractivity contribution in [2.75, 3.05) is 11.9 Å². The summed E-state index contributed by atoms with van der Waals surface area (Å²) in [7, 11) is 1.58. The minimum Gasteiger partial charge on any atom is -0.311 e. The molecule has 74 valence electrons. The second-order valence-corrected chi connectivity index (χ2v) is 6.40. The van der Waals surface area contributed by atoms with Gasteiger partial charge in [-0.3, -0.25) is 9.78 Å². The Hall–Kier alpha value is -0.490. The van der Waals surface area contributed by atoms with Crippen LogP contribution in [0.2, 0.25) is 0 Å². The molecule has 1 amide bonds. The van der Waals surface area contributed by atoms with E-state index < -0.39 is 9.05 Å². The molecule has 2 rings (SSSR count). The second-order valence-electron chi connectivity index (χ2n) is 2.96. The Morgan fingerprint density at radius 3 is 2.86 bits per heavy atom. The Balaban J connectivity index is 2.68. The zero-order chi connectivity index (χ0) is 10.5. The summed E-state index contributed by atoms with van der Waals surface area (Å²) in [5, 5.41) is 0. The van der Waals surface area contributed by atoms with Crippen molar-refractivity contribution in [2.24, 2.45) is 0 Å². The molecule has 2 heterocycles. The van der Waals surface area contributed by atoms with Crippen LogP contribution in [-0.2, 0) is 8.03 Å². The minimum absolute atomic E-state index is 0.217. The van der Waals surface area contributed by atoms with Crippen molar-refractivity contribution in [3.8, 4) is 0 Å². The van der Waals surface area contributed by atoms with Gasteiger partial charge in [0.25, 0.3) is 5.91 Å². The molecule has 14 heavy (non-hydrogen) atoms. The predicted octanol–water partition coefficient (Wildman–Crippen LogP) is 2.14. The molecule has 0 bridgehead atoms. The number of likely N-dealkylation sites (N-methyl/N-ethyl adjacent to an activating group) is 1. The molecule has 6 heteroatoms. The van der Waals surface area contributed by atoms with Gasteiger partial charge in [-0.1, -0.05) is 31.9 Å². The lowest BCUT2D eigenvalue weighted by molar-refractivity contribution is -0.117. The third-order valence-electron chi connectivity index (χ3n) is 2.07. The summed E-state index contributed by atoms with van der Waals surface area (Å²) in [6.07, 6.45) is 1.09. The van der Waals surface area contributed by atoms with E-state index in [2.05, 4.69) is 36.8 Å². The van der Waals surface area contributed by atoms with Gasteiger partial charge in [-0.25, -0.2) is 4.39 Å². The van der Waals surface area contributed by atoms with Crippen molar-refractivity contribution in [1.82, 2.24) is 4.98 Å². The minimum atomic E-state index is -1.02. The summed E-state index contributed by atoms with van der Waals surface area (Å²) in [6.45, 7) is 0. The van der Waals surface area contributed by atoms with Crippen LogP contribution in [0.5, 0.6) is 0 Å². The molecule has 0 atom stereocenters. The lowest BCUT2D eigenvalue weighted by Crippen LogP contribution is -2.29. The molecule has 0 fully saturated rings. The first-order valence-corrected chi connectivity index (χ1v) is 5.35. The van der Waals surface area contributed by atoms with Gasteiger partial charge in [0.1, 0.15) is 11.5 Å². The van der Waals surface area contributed by atoms with Gasteiger partial charge >= 0.3 is 0 Å². The third-order valence-corrected chi connectivity index (χ3v) is 3.50. The van der Waals surface area contributed by atoms with Gasteiger partial charge in [0.05, 0.1) is 11.9 Å². The van der Waals surface area contributed by atoms with E-state index in [1.54, 1.807) is 7.05 Å². The molecule has 1 aromatic rings. The van der Waals surface area contributed by atoms with E-state index in [0.29, 0.717) is 11.4 Å². The maximum atomic E-state index is 12.9. The number of amides is 1. The smallest absolute Gasteiger partial charge is 0.260 e. The first-order chi connectivity index (χ1) is 6.44. The van der Waals surface area contributed by atoms with Gasteiger partial charge < -0.3 is 4.90 Å². The molecule has 0 spiro atoms. The Morgan fingerprint density at radius 2 is 2.21 bits per heavy atom. The van der Waals surface area contributed by atoms with Crippen LogP contribution >= 0.6 is 31.9 Å². The predicted molar refractivity (Wildman–Crippen MR) is 57.1 cm³/mol. The van der Waals surface area contributed by atoms with E-state index in [4.69, 9.17) is 0 Å². The number of alkyl halides is 2. The fourth-order valence-corrected chi connectivity index (χ4v) is 2.49. The first-order valence-electron chi connectivity index (χ1n) is 3.76. The van der Waals surface area contributed by atoms with Crippen molar-refractivity contribution < 1.29 is 9.18 Å². The number of carbonyl (C=O) groups excluding carboxylic acids is 1. The number of aromatic nitrogens is 1. The quantitative estimate of drug-likeness (QED) is 0.685. The number of nitrogens with zero attached hydrogens (tertiary/aromatic N) is 2. The van der Waals surface area contributed by atoms with Gasteiger partial charge in [0.15, 0.2) is 0 Å². The average Bonchev–Trinajstić information content (AvgIpc) is 2.28. The summed E-state index contributed by atoms with van der Waals surface area (Å²) in [6, 6.07) is 1.28. The van der Waals surface area contributed by atoms with Gasteiger partial charge in [0, 0.05) is 13.1 Å². The summed E-state index contributed by atoms with van der Waals surface area (Å²) >= 11 is 6.42. The van der Waals surface area contributed by atoms with Gasteiger partial charge in [0.2, 0.25) is 3.23 Å². The van der Waals surface area contributed by atoms with Crippen molar-refractivity contribution in [2.45, 2.75) is 3.23 Å². The monoisotopic (exact) mass is 322 g/mol. The summed E-state index contributed by atoms with van der Waals surface area (Å²) < 4.78 is 11.9. The van der Waals surface area contributed by atoms with E-state index in [1.165, 1.54) is 11.0 Å². The Bertz CT molecular complexity index is 422. The van der Waals surface area contributed by atoms with Crippen molar-refractivity contribution in [3.63, 3.8) is 0 Å². The van der Waals surface area contributed by atoms with Crippen LogP contribution in [0.15, 0.2) is 12.3 Å². The van der Waals surface area contributed by atoms with Crippen LogP contribution < -0.4 is 4.90 Å². The highest BCUT2D eigenvalue weighted by atomic mass is 79.9. The number of pyridine rings is 1. The average molecular weight is 324 g/mol. The van der Waals surface area contributed by atoms with E-state index in [1.807, 2.05) is 0 Å². The Morgan fingerprint density at radius 1 is 1.57 bits per heavy atom. The number of hydrogen-bond donors (Lipinski definition) is 0. The van der Waals surface area contributed by atoms with E-state index in [9.17, 15) is 9.18 Å². The zero-order valence-corrected chi connectivity index (χ0v) is 10.3. The lowest BCUT2D eigenvalue weighted by Gasteiger charge is -2.11. The molecule has 0 aliphatic carbocycles.